The number of thiophene rings is 1. The summed E-state index contributed by atoms with van der Waals surface area (Å²) in [6.07, 6.45) is 31.2. The van der Waals surface area contributed by atoms with Gasteiger partial charge in [0.2, 0.25) is 0 Å². The average Bonchev–Trinajstić information content (AvgIpc) is 4.11. The molecule has 0 unspecified atom stereocenters. The number of nitrogens with zero attached hydrogens (tertiary/aromatic N) is 6. The van der Waals surface area contributed by atoms with Crippen LogP contribution < -0.4 is 9.80 Å². The zero-order chi connectivity index (χ0) is 40.5. The first-order valence-electron chi connectivity index (χ1n) is 20.6. The molecule has 0 saturated heterocycles. The van der Waals surface area contributed by atoms with Gasteiger partial charge in [-0.2, -0.15) is 0 Å². The second kappa shape index (κ2) is 14.4. The van der Waals surface area contributed by atoms with Crippen molar-refractivity contribution in [3.63, 3.8) is 0 Å². The molecular weight excluding hydrogens is 755 g/mol. The van der Waals surface area contributed by atoms with Gasteiger partial charge in [0.05, 0.1) is 22.8 Å². The van der Waals surface area contributed by atoms with E-state index in [0.717, 1.165) is 104 Å². The Morgan fingerprint density at radius 2 is 0.967 bits per heavy atom. The maximum Gasteiger partial charge on any atom is 0.0737 e. The van der Waals surface area contributed by atoms with Gasteiger partial charge in [-0.05, 0) is 131 Å². The van der Waals surface area contributed by atoms with Crippen molar-refractivity contribution in [2.75, 3.05) is 64.2 Å². The first-order chi connectivity index (χ1) is 29.3. The molecule has 1 N–H and O–H groups in total. The third-order valence-corrected chi connectivity index (χ3v) is 13.3. The highest BCUT2D eigenvalue weighted by atomic mass is 32.1. The lowest BCUT2D eigenvalue weighted by atomic mass is 9.98. The van der Waals surface area contributed by atoms with E-state index in [1.54, 1.807) is 0 Å². The van der Waals surface area contributed by atoms with Crippen LogP contribution in [0.4, 0.5) is 11.4 Å². The minimum atomic E-state index is 0.821. The van der Waals surface area contributed by atoms with Gasteiger partial charge in [-0.1, -0.05) is 48.6 Å². The molecule has 11 rings (SSSR count). The highest BCUT2D eigenvalue weighted by molar-refractivity contribution is 7.24. The van der Waals surface area contributed by atoms with E-state index in [0.29, 0.717) is 0 Å². The Bertz CT molecular complexity index is 2870. The lowest BCUT2D eigenvalue weighted by molar-refractivity contribution is 0.506. The maximum atomic E-state index is 5.60. The van der Waals surface area contributed by atoms with E-state index in [1.165, 1.54) is 32.8 Å². The molecule has 294 valence electrons. The first kappa shape index (κ1) is 36.2. The van der Waals surface area contributed by atoms with Crippen molar-refractivity contribution >= 4 is 90.7 Å². The van der Waals surface area contributed by atoms with E-state index in [9.17, 15) is 0 Å². The molecule has 0 radical (unpaired) electrons. The molecule has 9 heterocycles. The molecule has 0 amide bonds. The van der Waals surface area contributed by atoms with E-state index in [1.807, 2.05) is 11.3 Å². The number of hydrogen-bond acceptors (Lipinski definition) is 7. The predicted octanol–water partition coefficient (Wildman–Crippen LogP) is 11.3. The summed E-state index contributed by atoms with van der Waals surface area (Å²) >= 11 is 1.81. The molecular formula is C52H45N7S. The number of likely N-dealkylation sites (N-methyl/N-ethyl adjacent to an activating group) is 4. The monoisotopic (exact) mass is 799 g/mol. The summed E-state index contributed by atoms with van der Waals surface area (Å²) in [4.78, 5) is 24.0. The molecule has 6 aliphatic heterocycles. The molecule has 8 bridgehead atoms. The summed E-state index contributed by atoms with van der Waals surface area (Å²) in [6, 6.07) is 22.7. The van der Waals surface area contributed by atoms with Crippen LogP contribution in [0.2, 0.25) is 0 Å². The zero-order valence-electron chi connectivity index (χ0n) is 34.3. The lowest BCUT2D eigenvalue weighted by Crippen LogP contribution is -2.20. The van der Waals surface area contributed by atoms with Crippen LogP contribution in [0, 0.1) is 0 Å². The van der Waals surface area contributed by atoms with Gasteiger partial charge in [-0.25, -0.2) is 9.97 Å². The Labute approximate surface area is 355 Å². The number of nitrogens with one attached hydrogen (secondary N) is 1. The maximum absolute atomic E-state index is 5.60. The van der Waals surface area contributed by atoms with Gasteiger partial charge in [0, 0.05) is 108 Å². The number of benzene rings is 2. The lowest BCUT2D eigenvalue weighted by Gasteiger charge is -2.24. The second-order valence-electron chi connectivity index (χ2n) is 16.3. The normalized spacial score (nSPS) is 16.4. The number of H-pyrrole nitrogens is 1. The summed E-state index contributed by atoms with van der Waals surface area (Å²) in [5, 5.41) is 0. The second-order valence-corrected chi connectivity index (χ2v) is 17.4. The number of allylic oxidation sites excluding steroid dienone is 4. The molecule has 60 heavy (non-hydrogen) atoms. The Morgan fingerprint density at radius 1 is 0.483 bits per heavy atom. The van der Waals surface area contributed by atoms with Crippen LogP contribution >= 0.6 is 11.3 Å². The summed E-state index contributed by atoms with van der Waals surface area (Å²) in [6.45, 7) is 3.46. The number of fused-ring (bicyclic) bond motifs is 10. The van der Waals surface area contributed by atoms with Crippen LogP contribution in [-0.4, -0.2) is 79.1 Å². The Morgan fingerprint density at radius 3 is 1.53 bits per heavy atom. The number of aromatic amines is 1. The Kier molecular flexibility index (Phi) is 8.71. The third-order valence-electron chi connectivity index (χ3n) is 12.2. The Hall–Kier alpha value is -6.90. The topological polar surface area (TPSA) is 54.5 Å². The van der Waals surface area contributed by atoms with Crippen molar-refractivity contribution in [3.05, 3.63) is 155 Å². The van der Waals surface area contributed by atoms with Crippen LogP contribution in [-0.2, 0) is 0 Å². The van der Waals surface area contributed by atoms with Crippen molar-refractivity contribution in [3.8, 4) is 22.3 Å². The molecule has 0 fully saturated rings. The number of aromatic nitrogens is 3. The van der Waals surface area contributed by atoms with Crippen molar-refractivity contribution in [2.45, 2.75) is 0 Å². The van der Waals surface area contributed by atoms with E-state index in [4.69, 9.17) is 9.97 Å². The SMILES string of the molecule is CN1C=CC(c2c3nc(c(C4=CCN(C)C=C4)c4ccc(s4)c(-c4ccc5c(c4)C=CCN5C)c4nc(c(-c5ccc6c(c5)C=CCN6C)c5ccc2[nH]5)C=C4)C=C3)=CC1. The van der Waals surface area contributed by atoms with E-state index < -0.39 is 0 Å². The largest absolute Gasteiger partial charge is 0.377 e. The highest BCUT2D eigenvalue weighted by Crippen LogP contribution is 2.42. The van der Waals surface area contributed by atoms with Crippen LogP contribution in [0.5, 0.6) is 0 Å². The van der Waals surface area contributed by atoms with E-state index in [2.05, 4.69) is 199 Å². The number of hydrogen-bond donors (Lipinski definition) is 1. The fourth-order valence-electron chi connectivity index (χ4n) is 9.07. The summed E-state index contributed by atoms with van der Waals surface area (Å²) in [5.41, 5.74) is 19.7. The van der Waals surface area contributed by atoms with Gasteiger partial charge in [0.15, 0.2) is 0 Å². The minimum absolute atomic E-state index is 0.821. The smallest absolute Gasteiger partial charge is 0.0737 e. The number of rotatable bonds is 4. The van der Waals surface area contributed by atoms with Crippen molar-refractivity contribution in [2.24, 2.45) is 0 Å². The standard InChI is InChI=1S/C52H45N7S/c1-56-27-21-33(22-28-56)49-39-11-12-41(53-39)50(37-9-17-45-35(31-37)7-5-25-58(45)3)42-14-16-44(55-42)52(38-10-18-46-36(32-38)8-6-26-59(46)4)48-20-19-47(60-48)51(43-15-13-40(49)54-43)34-23-29-57(2)30-24-34/h5-24,27,29,31-32,53H,25-26,28,30H2,1-4H3. The molecule has 0 saturated carbocycles. The highest BCUT2D eigenvalue weighted by Gasteiger charge is 2.22. The molecule has 3 aromatic heterocycles. The van der Waals surface area contributed by atoms with Crippen LogP contribution in [0.15, 0.2) is 110 Å². The fraction of sp³-hybridized carbons (Fsp3) is 0.154. The van der Waals surface area contributed by atoms with Gasteiger partial charge in [0.25, 0.3) is 0 Å². The number of anilines is 2. The molecule has 7 nitrogen and oxygen atoms in total. The fourth-order valence-corrected chi connectivity index (χ4v) is 10.2. The average molecular weight is 800 g/mol. The zero-order valence-corrected chi connectivity index (χ0v) is 35.1. The molecule has 0 aliphatic carbocycles. The van der Waals surface area contributed by atoms with Gasteiger partial charge < -0.3 is 24.6 Å². The molecule has 8 heteroatoms. The van der Waals surface area contributed by atoms with E-state index >= 15 is 0 Å². The van der Waals surface area contributed by atoms with Gasteiger partial charge >= 0.3 is 0 Å². The quantitative estimate of drug-likeness (QED) is 0.191. The van der Waals surface area contributed by atoms with Crippen molar-refractivity contribution in [1.29, 1.82) is 0 Å². The van der Waals surface area contributed by atoms with Crippen molar-refractivity contribution in [1.82, 2.24) is 24.8 Å². The van der Waals surface area contributed by atoms with Gasteiger partial charge in [-0.3, -0.25) is 0 Å². The summed E-state index contributed by atoms with van der Waals surface area (Å²) in [5.74, 6) is 0. The molecule has 2 aromatic carbocycles. The molecule has 5 aromatic rings. The van der Waals surface area contributed by atoms with Gasteiger partial charge in [0.1, 0.15) is 0 Å². The molecule has 6 aliphatic rings. The summed E-state index contributed by atoms with van der Waals surface area (Å²) in [7, 11) is 8.53. The predicted molar refractivity (Wildman–Crippen MR) is 257 cm³/mol. The third kappa shape index (κ3) is 6.26. The first-order valence-corrected chi connectivity index (χ1v) is 21.5. The molecule has 0 spiro atoms. The van der Waals surface area contributed by atoms with Crippen LogP contribution in [0.1, 0.15) is 45.0 Å². The summed E-state index contributed by atoms with van der Waals surface area (Å²) < 4.78 is 2.33. The Balaban J connectivity index is 1.27. The van der Waals surface area contributed by atoms with Gasteiger partial charge in [-0.15, -0.1) is 11.3 Å². The molecule has 0 atom stereocenters. The van der Waals surface area contributed by atoms with Crippen LogP contribution in [0.25, 0.3) is 90.3 Å². The minimum Gasteiger partial charge on any atom is -0.377 e. The van der Waals surface area contributed by atoms with Crippen molar-refractivity contribution < 1.29 is 0 Å². The van der Waals surface area contributed by atoms with E-state index in [-0.39, 0.29) is 0 Å². The van der Waals surface area contributed by atoms with Crippen LogP contribution in [0.3, 0.4) is 0 Å².